The highest BCUT2D eigenvalue weighted by Crippen LogP contribution is 2.29. The van der Waals surface area contributed by atoms with E-state index >= 15 is 0 Å². The fourth-order valence-corrected chi connectivity index (χ4v) is 4.14. The topological polar surface area (TPSA) is 58.6 Å². The minimum absolute atomic E-state index is 0. The Labute approximate surface area is 179 Å². The molecule has 0 radical (unpaired) electrons. The lowest BCUT2D eigenvalue weighted by atomic mass is 10.1. The Morgan fingerprint density at radius 1 is 1.18 bits per heavy atom. The molecule has 1 atom stereocenters. The van der Waals surface area contributed by atoms with Gasteiger partial charge in [0, 0.05) is 22.0 Å². The molecular formula is C21H24BrClN2O3. The molecule has 5 nitrogen and oxygen atoms in total. The van der Waals surface area contributed by atoms with Crippen molar-refractivity contribution in [2.75, 3.05) is 19.6 Å². The van der Waals surface area contributed by atoms with Crippen molar-refractivity contribution in [3.63, 3.8) is 0 Å². The van der Waals surface area contributed by atoms with Crippen LogP contribution in [0, 0.1) is 13.8 Å². The zero-order valence-corrected chi connectivity index (χ0v) is 18.4. The SMILES string of the molecule is Cc1ccc(C(CNC(=O)c2oc3ccc(Br)cc3c2C)N2CCCC2)o1.Cl. The van der Waals surface area contributed by atoms with Gasteiger partial charge in [0.15, 0.2) is 5.76 Å². The second kappa shape index (κ2) is 8.72. The standard InChI is InChI=1S/C21H23BrN2O3.ClH/c1-13-5-7-19(26-13)17(24-9-3-4-10-24)12-23-21(25)20-14(2)16-11-15(22)6-8-18(16)27-20;/h5-8,11,17H,3-4,9-10,12H2,1-2H3,(H,23,25);1H. The number of fused-ring (bicyclic) bond motifs is 1. The molecule has 0 spiro atoms. The van der Waals surface area contributed by atoms with E-state index in [1.54, 1.807) is 0 Å². The predicted octanol–water partition coefficient (Wildman–Crippen LogP) is 5.39. The molecule has 0 saturated carbocycles. The van der Waals surface area contributed by atoms with Crippen LogP contribution in [0.1, 0.15) is 46.5 Å². The first-order valence-electron chi connectivity index (χ1n) is 9.30. The summed E-state index contributed by atoms with van der Waals surface area (Å²) in [6, 6.07) is 9.79. The Balaban J connectivity index is 0.00000225. The molecule has 3 aromatic rings. The lowest BCUT2D eigenvalue weighted by Crippen LogP contribution is -2.36. The van der Waals surface area contributed by atoms with E-state index in [1.165, 1.54) is 12.8 Å². The number of carbonyl (C=O) groups is 1. The zero-order chi connectivity index (χ0) is 19.0. The Morgan fingerprint density at radius 2 is 1.93 bits per heavy atom. The number of carbonyl (C=O) groups excluding carboxylic acids is 1. The monoisotopic (exact) mass is 466 g/mol. The average molecular weight is 468 g/mol. The van der Waals surface area contributed by atoms with E-state index in [1.807, 2.05) is 44.2 Å². The second-order valence-electron chi connectivity index (χ2n) is 7.11. The quantitative estimate of drug-likeness (QED) is 0.546. The van der Waals surface area contributed by atoms with Crippen LogP contribution in [0.3, 0.4) is 0 Å². The Bertz CT molecular complexity index is 975. The molecule has 1 unspecified atom stereocenters. The van der Waals surface area contributed by atoms with Gasteiger partial charge in [-0.05, 0) is 70.1 Å². The molecule has 1 aliphatic rings. The summed E-state index contributed by atoms with van der Waals surface area (Å²) in [5.41, 5.74) is 1.58. The Kier molecular flexibility index (Phi) is 6.53. The highest BCUT2D eigenvalue weighted by Gasteiger charge is 2.27. The van der Waals surface area contributed by atoms with Crippen LogP contribution >= 0.6 is 28.3 Å². The summed E-state index contributed by atoms with van der Waals surface area (Å²) in [6.07, 6.45) is 2.36. The van der Waals surface area contributed by atoms with Gasteiger partial charge < -0.3 is 14.2 Å². The number of aryl methyl sites for hydroxylation is 2. The van der Waals surface area contributed by atoms with E-state index in [4.69, 9.17) is 8.83 Å². The second-order valence-corrected chi connectivity index (χ2v) is 8.03. The maximum Gasteiger partial charge on any atom is 0.287 e. The average Bonchev–Trinajstić information content (AvgIpc) is 3.38. The Hall–Kier alpha value is -1.76. The maximum atomic E-state index is 12.8. The lowest BCUT2D eigenvalue weighted by Gasteiger charge is -2.25. The summed E-state index contributed by atoms with van der Waals surface area (Å²) in [5.74, 6) is 1.98. The number of benzene rings is 1. The molecule has 1 N–H and O–H groups in total. The van der Waals surface area contributed by atoms with Gasteiger partial charge in [0.1, 0.15) is 17.1 Å². The van der Waals surface area contributed by atoms with Crippen molar-refractivity contribution in [1.82, 2.24) is 10.2 Å². The van der Waals surface area contributed by atoms with Crippen molar-refractivity contribution in [2.45, 2.75) is 32.7 Å². The third-order valence-electron chi connectivity index (χ3n) is 5.23. The number of nitrogens with zero attached hydrogens (tertiary/aromatic N) is 1. The summed E-state index contributed by atoms with van der Waals surface area (Å²) >= 11 is 3.47. The molecule has 1 saturated heterocycles. The summed E-state index contributed by atoms with van der Waals surface area (Å²) in [4.78, 5) is 15.2. The van der Waals surface area contributed by atoms with Gasteiger partial charge in [-0.25, -0.2) is 0 Å². The van der Waals surface area contributed by atoms with Crippen LogP contribution in [-0.2, 0) is 0 Å². The van der Waals surface area contributed by atoms with Crippen molar-refractivity contribution < 1.29 is 13.6 Å². The van der Waals surface area contributed by atoms with E-state index in [0.717, 1.165) is 45.6 Å². The van der Waals surface area contributed by atoms with Gasteiger partial charge in [-0.3, -0.25) is 9.69 Å². The molecule has 0 bridgehead atoms. The largest absolute Gasteiger partial charge is 0.465 e. The molecule has 150 valence electrons. The smallest absolute Gasteiger partial charge is 0.287 e. The number of rotatable bonds is 5. The summed E-state index contributed by atoms with van der Waals surface area (Å²) in [5, 5.41) is 4.01. The minimum Gasteiger partial charge on any atom is -0.465 e. The van der Waals surface area contributed by atoms with Crippen molar-refractivity contribution >= 4 is 45.2 Å². The van der Waals surface area contributed by atoms with Crippen LogP contribution < -0.4 is 5.32 Å². The fourth-order valence-electron chi connectivity index (χ4n) is 3.77. The number of furan rings is 2. The number of likely N-dealkylation sites (tertiary alicyclic amines) is 1. The number of halogens is 2. The van der Waals surface area contributed by atoms with E-state index < -0.39 is 0 Å². The van der Waals surface area contributed by atoms with Crippen LogP contribution in [0.2, 0.25) is 0 Å². The van der Waals surface area contributed by atoms with E-state index in [-0.39, 0.29) is 24.4 Å². The third kappa shape index (κ3) is 4.14. The zero-order valence-electron chi connectivity index (χ0n) is 16.0. The molecular weight excluding hydrogens is 444 g/mol. The molecule has 2 aromatic heterocycles. The molecule has 3 heterocycles. The highest BCUT2D eigenvalue weighted by atomic mass is 79.9. The van der Waals surface area contributed by atoms with E-state index in [0.29, 0.717) is 12.3 Å². The molecule has 4 rings (SSSR count). The summed E-state index contributed by atoms with van der Waals surface area (Å²) in [7, 11) is 0. The van der Waals surface area contributed by atoms with Gasteiger partial charge in [0.25, 0.3) is 5.91 Å². The van der Waals surface area contributed by atoms with Crippen LogP contribution in [0.15, 0.2) is 43.6 Å². The van der Waals surface area contributed by atoms with Crippen LogP contribution in [0.5, 0.6) is 0 Å². The number of hydrogen-bond donors (Lipinski definition) is 1. The number of amides is 1. The first-order valence-corrected chi connectivity index (χ1v) is 10.1. The third-order valence-corrected chi connectivity index (χ3v) is 5.72. The Morgan fingerprint density at radius 3 is 2.61 bits per heavy atom. The van der Waals surface area contributed by atoms with Crippen molar-refractivity contribution in [2.24, 2.45) is 0 Å². The van der Waals surface area contributed by atoms with E-state index in [9.17, 15) is 4.79 Å². The molecule has 1 aliphatic heterocycles. The van der Waals surface area contributed by atoms with Crippen LogP contribution in [0.4, 0.5) is 0 Å². The van der Waals surface area contributed by atoms with Gasteiger partial charge in [0.2, 0.25) is 0 Å². The first kappa shape index (κ1) is 21.0. The first-order chi connectivity index (χ1) is 13.0. The van der Waals surface area contributed by atoms with E-state index in [2.05, 4.69) is 26.1 Å². The van der Waals surface area contributed by atoms with Gasteiger partial charge in [-0.2, -0.15) is 0 Å². The van der Waals surface area contributed by atoms with Gasteiger partial charge >= 0.3 is 0 Å². The normalized spacial score (nSPS) is 15.5. The number of hydrogen-bond acceptors (Lipinski definition) is 4. The maximum absolute atomic E-state index is 12.8. The van der Waals surface area contributed by atoms with Crippen LogP contribution in [-0.4, -0.2) is 30.4 Å². The van der Waals surface area contributed by atoms with Gasteiger partial charge in [-0.1, -0.05) is 15.9 Å². The molecule has 1 aromatic carbocycles. The lowest BCUT2D eigenvalue weighted by molar-refractivity contribution is 0.0907. The highest BCUT2D eigenvalue weighted by molar-refractivity contribution is 9.10. The molecule has 7 heteroatoms. The van der Waals surface area contributed by atoms with Crippen molar-refractivity contribution in [3.05, 3.63) is 57.6 Å². The number of nitrogens with one attached hydrogen (secondary N) is 1. The minimum atomic E-state index is -0.188. The van der Waals surface area contributed by atoms with Gasteiger partial charge in [-0.15, -0.1) is 12.4 Å². The predicted molar refractivity (Wildman–Crippen MR) is 115 cm³/mol. The van der Waals surface area contributed by atoms with Crippen molar-refractivity contribution in [3.8, 4) is 0 Å². The molecule has 0 aliphatic carbocycles. The molecule has 1 fully saturated rings. The molecule has 1 amide bonds. The van der Waals surface area contributed by atoms with Crippen molar-refractivity contribution in [1.29, 1.82) is 0 Å². The van der Waals surface area contributed by atoms with Crippen LogP contribution in [0.25, 0.3) is 11.0 Å². The summed E-state index contributed by atoms with van der Waals surface area (Å²) < 4.78 is 12.6. The fraction of sp³-hybridized carbons (Fsp3) is 0.381. The summed E-state index contributed by atoms with van der Waals surface area (Å²) in [6.45, 7) is 6.40. The molecule has 28 heavy (non-hydrogen) atoms. The van der Waals surface area contributed by atoms with Gasteiger partial charge in [0.05, 0.1) is 6.04 Å².